The highest BCUT2D eigenvalue weighted by molar-refractivity contribution is 5.81. The summed E-state index contributed by atoms with van der Waals surface area (Å²) in [5.74, 6) is 0.538. The van der Waals surface area contributed by atoms with Gasteiger partial charge in [-0.2, -0.15) is 0 Å². The lowest BCUT2D eigenvalue weighted by atomic mass is 10.0. The first-order valence-electron chi connectivity index (χ1n) is 9.32. The number of hydrogen-bond donors (Lipinski definition) is 1. The number of carbonyl (C=O) groups excluding carboxylic acids is 2. The number of carboxylic acid groups (broad SMARTS) is 1. The van der Waals surface area contributed by atoms with E-state index in [-0.39, 0.29) is 42.7 Å². The van der Waals surface area contributed by atoms with Crippen LogP contribution in [0.5, 0.6) is 0 Å². The van der Waals surface area contributed by atoms with Gasteiger partial charge in [0.1, 0.15) is 11.9 Å². The highest BCUT2D eigenvalue weighted by Crippen LogP contribution is 2.21. The van der Waals surface area contributed by atoms with E-state index < -0.39 is 0 Å². The van der Waals surface area contributed by atoms with Crippen molar-refractivity contribution in [2.24, 2.45) is 5.92 Å². The molecule has 0 aliphatic carbocycles. The molecule has 0 unspecified atom stereocenters. The zero-order valence-electron chi connectivity index (χ0n) is 16.7. The van der Waals surface area contributed by atoms with Gasteiger partial charge in [0.15, 0.2) is 5.58 Å². The Bertz CT molecular complexity index is 799. The number of hydrogen-bond acceptors (Lipinski definition) is 5. The van der Waals surface area contributed by atoms with Gasteiger partial charge in [0.2, 0.25) is 17.7 Å². The van der Waals surface area contributed by atoms with Crippen LogP contribution in [0.4, 0.5) is 0 Å². The molecule has 2 amide bonds. The fourth-order valence-electron chi connectivity index (χ4n) is 3.36. The van der Waals surface area contributed by atoms with Crippen LogP contribution in [0.2, 0.25) is 0 Å². The number of benzene rings is 1. The van der Waals surface area contributed by atoms with E-state index in [1.54, 1.807) is 0 Å². The fourth-order valence-corrected chi connectivity index (χ4v) is 3.36. The molecule has 8 heteroatoms. The van der Waals surface area contributed by atoms with Crippen molar-refractivity contribution in [2.75, 3.05) is 13.1 Å². The Kier molecular flexibility index (Phi) is 7.14. The lowest BCUT2D eigenvalue weighted by Crippen LogP contribution is -2.61. The van der Waals surface area contributed by atoms with Crippen LogP contribution in [0.3, 0.4) is 0 Å². The van der Waals surface area contributed by atoms with E-state index >= 15 is 0 Å². The second kappa shape index (κ2) is 9.34. The third kappa shape index (κ3) is 4.68. The lowest BCUT2D eigenvalue weighted by molar-refractivity contribution is -0.148. The zero-order chi connectivity index (χ0) is 20.8. The minimum Gasteiger partial charge on any atom is -0.483 e. The zero-order valence-corrected chi connectivity index (χ0v) is 16.7. The number of para-hydroxylation sites is 2. The molecule has 1 fully saturated rings. The van der Waals surface area contributed by atoms with Gasteiger partial charge in [0.05, 0.1) is 0 Å². The Labute approximate surface area is 164 Å². The predicted molar refractivity (Wildman–Crippen MR) is 104 cm³/mol. The van der Waals surface area contributed by atoms with Crippen LogP contribution in [-0.4, -0.2) is 63.4 Å². The summed E-state index contributed by atoms with van der Waals surface area (Å²) in [6.45, 7) is 8.68. The number of oxazole rings is 1. The van der Waals surface area contributed by atoms with Crippen molar-refractivity contribution in [1.82, 2.24) is 14.8 Å². The van der Waals surface area contributed by atoms with Gasteiger partial charge in [-0.1, -0.05) is 26.0 Å². The number of carbonyl (C=O) groups is 3. The lowest BCUT2D eigenvalue weighted by Gasteiger charge is -2.45. The standard InChI is InChI=1S/C19H25N3O3.CH2O2/c1-12(2)19(24)22-10-9-21(13(3)14(22)4)18(23)11-17-20-15-7-5-6-8-16(15)25-17;2-1-3/h5-8,12-14H,9-11H2,1-4H3;1H,(H,2,3)/t13-,14+;/m0./s1. The molecule has 3 rings (SSSR count). The molecule has 152 valence electrons. The Morgan fingerprint density at radius 2 is 1.79 bits per heavy atom. The number of aromatic nitrogens is 1. The van der Waals surface area contributed by atoms with Gasteiger partial charge in [0.25, 0.3) is 6.47 Å². The topological polar surface area (TPSA) is 104 Å². The molecule has 1 aliphatic rings. The maximum atomic E-state index is 12.7. The molecule has 28 heavy (non-hydrogen) atoms. The van der Waals surface area contributed by atoms with Crippen LogP contribution in [-0.2, 0) is 20.8 Å². The summed E-state index contributed by atoms with van der Waals surface area (Å²) in [5.41, 5.74) is 1.46. The van der Waals surface area contributed by atoms with Crippen LogP contribution < -0.4 is 0 Å². The van der Waals surface area contributed by atoms with Crippen molar-refractivity contribution in [2.45, 2.75) is 46.2 Å². The molecular weight excluding hydrogens is 362 g/mol. The van der Waals surface area contributed by atoms with Crippen molar-refractivity contribution >= 4 is 29.4 Å². The van der Waals surface area contributed by atoms with Crippen LogP contribution in [0.15, 0.2) is 28.7 Å². The summed E-state index contributed by atoms with van der Waals surface area (Å²) >= 11 is 0. The van der Waals surface area contributed by atoms with E-state index in [4.69, 9.17) is 14.3 Å². The molecule has 0 bridgehead atoms. The Morgan fingerprint density at radius 1 is 1.21 bits per heavy atom. The monoisotopic (exact) mass is 389 g/mol. The highest BCUT2D eigenvalue weighted by atomic mass is 16.4. The maximum absolute atomic E-state index is 12.7. The van der Waals surface area contributed by atoms with Gasteiger partial charge in [-0.05, 0) is 26.0 Å². The SMILES string of the molecule is CC(C)C(=O)N1CCN(C(=O)Cc2nc3ccccc3o2)[C@@H](C)[C@H]1C.O=CO. The van der Waals surface area contributed by atoms with E-state index in [0.717, 1.165) is 5.52 Å². The fraction of sp³-hybridized carbons (Fsp3) is 0.500. The molecule has 2 heterocycles. The van der Waals surface area contributed by atoms with Crippen molar-refractivity contribution in [1.29, 1.82) is 0 Å². The van der Waals surface area contributed by atoms with Gasteiger partial charge in [-0.15, -0.1) is 0 Å². The summed E-state index contributed by atoms with van der Waals surface area (Å²) in [6.07, 6.45) is 0.143. The van der Waals surface area contributed by atoms with Gasteiger partial charge in [0, 0.05) is 31.1 Å². The van der Waals surface area contributed by atoms with E-state index in [1.165, 1.54) is 0 Å². The van der Waals surface area contributed by atoms with E-state index in [0.29, 0.717) is 24.6 Å². The number of nitrogens with zero attached hydrogens (tertiary/aromatic N) is 3. The average Bonchev–Trinajstić information content (AvgIpc) is 3.06. The number of fused-ring (bicyclic) bond motifs is 1. The van der Waals surface area contributed by atoms with Gasteiger partial charge < -0.3 is 19.3 Å². The molecule has 1 aromatic heterocycles. The normalized spacial score (nSPS) is 19.3. The first kappa shape index (κ1) is 21.4. The first-order valence-corrected chi connectivity index (χ1v) is 9.32. The minimum absolute atomic E-state index is 0.00349. The van der Waals surface area contributed by atoms with Crippen LogP contribution >= 0.6 is 0 Å². The second-order valence-corrected chi connectivity index (χ2v) is 7.11. The molecule has 0 radical (unpaired) electrons. The summed E-state index contributed by atoms with van der Waals surface area (Å²) < 4.78 is 5.66. The average molecular weight is 389 g/mol. The Hall–Kier alpha value is -2.90. The number of rotatable bonds is 3. The molecule has 0 saturated carbocycles. The largest absolute Gasteiger partial charge is 0.483 e. The van der Waals surface area contributed by atoms with E-state index in [2.05, 4.69) is 4.98 Å². The highest BCUT2D eigenvalue weighted by Gasteiger charge is 2.36. The first-order chi connectivity index (χ1) is 13.3. The predicted octanol–water partition coefficient (Wildman–Crippen LogP) is 2.17. The molecule has 8 nitrogen and oxygen atoms in total. The summed E-state index contributed by atoms with van der Waals surface area (Å²) in [6, 6.07) is 7.45. The molecule has 1 N–H and O–H groups in total. The van der Waals surface area contributed by atoms with E-state index in [9.17, 15) is 9.59 Å². The maximum Gasteiger partial charge on any atom is 0.290 e. The van der Waals surface area contributed by atoms with Crippen molar-refractivity contribution in [3.05, 3.63) is 30.2 Å². The van der Waals surface area contributed by atoms with Crippen LogP contribution in [0.1, 0.15) is 33.6 Å². The van der Waals surface area contributed by atoms with Crippen molar-refractivity contribution < 1.29 is 23.9 Å². The number of amides is 2. The molecular formula is C20H27N3O5. The molecule has 0 spiro atoms. The third-order valence-electron chi connectivity index (χ3n) is 5.00. The quantitative estimate of drug-likeness (QED) is 0.807. The molecule has 2 aromatic rings. The molecule has 2 atom stereocenters. The van der Waals surface area contributed by atoms with Gasteiger partial charge >= 0.3 is 0 Å². The van der Waals surface area contributed by atoms with Crippen LogP contribution in [0.25, 0.3) is 11.1 Å². The number of piperazine rings is 1. The minimum atomic E-state index is -0.250. The summed E-state index contributed by atoms with van der Waals surface area (Å²) in [5, 5.41) is 6.89. The summed E-state index contributed by atoms with van der Waals surface area (Å²) in [7, 11) is 0. The smallest absolute Gasteiger partial charge is 0.290 e. The third-order valence-corrected chi connectivity index (χ3v) is 5.00. The molecule has 1 saturated heterocycles. The molecule has 1 aliphatic heterocycles. The van der Waals surface area contributed by atoms with Crippen molar-refractivity contribution in [3.63, 3.8) is 0 Å². The van der Waals surface area contributed by atoms with Gasteiger partial charge in [-0.3, -0.25) is 14.4 Å². The van der Waals surface area contributed by atoms with Crippen molar-refractivity contribution in [3.8, 4) is 0 Å². The molecule has 1 aromatic carbocycles. The Balaban J connectivity index is 0.000000878. The summed E-state index contributed by atoms with van der Waals surface area (Å²) in [4.78, 5) is 41.5. The Morgan fingerprint density at radius 3 is 2.39 bits per heavy atom. The second-order valence-electron chi connectivity index (χ2n) is 7.11. The van der Waals surface area contributed by atoms with Crippen LogP contribution in [0, 0.1) is 5.92 Å². The van der Waals surface area contributed by atoms with Gasteiger partial charge in [-0.25, -0.2) is 4.98 Å². The van der Waals surface area contributed by atoms with E-state index in [1.807, 2.05) is 61.8 Å².